The summed E-state index contributed by atoms with van der Waals surface area (Å²) >= 11 is 0. The number of rotatable bonds is 81. The highest BCUT2D eigenvalue weighted by Gasteiger charge is 2.30. The van der Waals surface area contributed by atoms with E-state index in [1.54, 1.807) is 0 Å². The predicted molar refractivity (Wildman–Crippen MR) is 414 cm³/mol. The Kier molecular flexibility index (Phi) is 72.2. The van der Waals surface area contributed by atoms with Gasteiger partial charge in [0.25, 0.3) is 0 Å². The van der Waals surface area contributed by atoms with Crippen LogP contribution in [-0.4, -0.2) is 96.7 Å². The fraction of sp³-hybridized carbons (Fsp3) is 0.951. The number of hydrogen-bond acceptors (Lipinski definition) is 15. The van der Waals surface area contributed by atoms with Gasteiger partial charge in [0.2, 0.25) is 0 Å². The SMILES string of the molecule is CCCCCCCCCCCCCCCCCCCCC(=O)OC[C@H](COP(=O)(O)OC[C@@H](O)COP(=O)(O)OC[C@@H](COC(=O)CCCCCCCCCCCCC)OC(=O)CCCCCCCCCCCCC(C)CC)OC(=O)CCCCCCCCCCCCCCCCC(C)CC. The molecule has 0 amide bonds. The van der Waals surface area contributed by atoms with Gasteiger partial charge in [-0.05, 0) is 37.5 Å². The maximum atomic E-state index is 13.1. The topological polar surface area (TPSA) is 237 Å². The summed E-state index contributed by atoms with van der Waals surface area (Å²) in [6.45, 7) is 9.72. The van der Waals surface area contributed by atoms with Gasteiger partial charge in [-0.2, -0.15) is 0 Å². The molecule has 0 aliphatic heterocycles. The molecular formula is C82H160O17P2. The van der Waals surface area contributed by atoms with E-state index >= 15 is 0 Å². The number of unbranched alkanes of at least 4 members (excludes halogenated alkanes) is 49. The van der Waals surface area contributed by atoms with Crippen molar-refractivity contribution in [3.63, 3.8) is 0 Å². The van der Waals surface area contributed by atoms with Crippen molar-refractivity contribution in [2.24, 2.45) is 11.8 Å². The van der Waals surface area contributed by atoms with Crippen LogP contribution in [0.3, 0.4) is 0 Å². The number of phosphoric ester groups is 2. The zero-order valence-corrected chi connectivity index (χ0v) is 68.0. The van der Waals surface area contributed by atoms with Crippen LogP contribution in [0.25, 0.3) is 0 Å². The average molecular weight is 1480 g/mol. The van der Waals surface area contributed by atoms with Crippen molar-refractivity contribution in [2.45, 2.75) is 452 Å². The highest BCUT2D eigenvalue weighted by molar-refractivity contribution is 7.47. The van der Waals surface area contributed by atoms with Gasteiger partial charge >= 0.3 is 39.5 Å². The average Bonchev–Trinajstić information content (AvgIpc) is 0.942. The Labute approximate surface area is 619 Å². The fourth-order valence-electron chi connectivity index (χ4n) is 12.6. The molecule has 0 spiro atoms. The van der Waals surface area contributed by atoms with Gasteiger partial charge in [0.15, 0.2) is 12.2 Å². The Morgan fingerprint density at radius 2 is 0.475 bits per heavy atom. The number of aliphatic hydroxyl groups excluding tert-OH is 1. The first-order chi connectivity index (χ1) is 48.9. The number of hydrogen-bond donors (Lipinski definition) is 3. The first-order valence-corrected chi connectivity index (χ1v) is 45.6. The molecule has 4 unspecified atom stereocenters. The zero-order chi connectivity index (χ0) is 74.2. The second-order valence-corrected chi connectivity index (χ2v) is 32.9. The molecule has 600 valence electrons. The van der Waals surface area contributed by atoms with Crippen LogP contribution in [-0.2, 0) is 65.4 Å². The molecule has 7 atom stereocenters. The highest BCUT2D eigenvalue weighted by atomic mass is 31.2. The van der Waals surface area contributed by atoms with Gasteiger partial charge in [-0.1, -0.05) is 382 Å². The molecule has 0 aromatic carbocycles. The van der Waals surface area contributed by atoms with Crippen LogP contribution in [0.1, 0.15) is 433 Å². The normalized spacial score (nSPS) is 14.4. The van der Waals surface area contributed by atoms with Gasteiger partial charge < -0.3 is 33.8 Å². The molecule has 101 heavy (non-hydrogen) atoms. The lowest BCUT2D eigenvalue weighted by atomic mass is 9.99. The van der Waals surface area contributed by atoms with E-state index in [4.69, 9.17) is 37.0 Å². The summed E-state index contributed by atoms with van der Waals surface area (Å²) in [5.41, 5.74) is 0. The van der Waals surface area contributed by atoms with Gasteiger partial charge in [0.05, 0.1) is 26.4 Å². The molecule has 0 saturated carbocycles. The molecular weight excluding hydrogens is 1320 g/mol. The quantitative estimate of drug-likeness (QED) is 0.0222. The summed E-state index contributed by atoms with van der Waals surface area (Å²) in [4.78, 5) is 73.1. The molecule has 17 nitrogen and oxygen atoms in total. The van der Waals surface area contributed by atoms with Gasteiger partial charge in [0.1, 0.15) is 19.3 Å². The summed E-state index contributed by atoms with van der Waals surface area (Å²) in [6, 6.07) is 0. The third-order valence-electron chi connectivity index (χ3n) is 19.9. The maximum absolute atomic E-state index is 13.1. The molecule has 0 aromatic rings. The highest BCUT2D eigenvalue weighted by Crippen LogP contribution is 2.45. The Balaban J connectivity index is 5.25. The second-order valence-electron chi connectivity index (χ2n) is 30.0. The molecule has 0 saturated heterocycles. The lowest BCUT2D eigenvalue weighted by molar-refractivity contribution is -0.161. The number of ether oxygens (including phenoxy) is 4. The molecule has 0 aliphatic rings. The number of carbonyl (C=O) groups is 4. The van der Waals surface area contributed by atoms with E-state index in [0.717, 1.165) is 102 Å². The van der Waals surface area contributed by atoms with E-state index in [9.17, 15) is 43.2 Å². The van der Waals surface area contributed by atoms with E-state index < -0.39 is 97.5 Å². The minimum Gasteiger partial charge on any atom is -0.462 e. The maximum Gasteiger partial charge on any atom is 0.472 e. The Hall–Kier alpha value is -1.94. The van der Waals surface area contributed by atoms with Crippen LogP contribution in [0.4, 0.5) is 0 Å². The molecule has 19 heteroatoms. The minimum atomic E-state index is -4.96. The standard InChI is InChI=1S/C82H160O17P2/c1-7-11-13-15-17-19-21-22-23-24-25-26-30-34-41-47-53-59-65-80(85)93-71-77(98-81(86)66-60-54-48-42-35-31-28-27-29-33-38-44-50-56-62-74(5)9-3)72-96-100(88,89)94-68-76(83)69-95-101(90,91)97-73-78(70-92-79(84)64-58-52-46-40-32-20-18-16-14-12-8-2)99-82(87)67-61-55-49-43-37-36-39-45-51-57-63-75(6)10-4/h74-78,83H,7-73H2,1-6H3,(H,88,89)(H,90,91)/t74?,75?,76-,77-,78-/m1/s1. The molecule has 0 heterocycles. The van der Waals surface area contributed by atoms with Crippen molar-refractivity contribution in [1.29, 1.82) is 0 Å². The van der Waals surface area contributed by atoms with E-state index in [1.165, 1.54) is 250 Å². The molecule has 0 radical (unpaired) electrons. The summed E-state index contributed by atoms with van der Waals surface area (Å²) in [5.74, 6) is -0.457. The van der Waals surface area contributed by atoms with Crippen molar-refractivity contribution in [2.75, 3.05) is 39.6 Å². The van der Waals surface area contributed by atoms with Gasteiger partial charge in [-0.15, -0.1) is 0 Å². The van der Waals surface area contributed by atoms with Crippen molar-refractivity contribution in [3.05, 3.63) is 0 Å². The minimum absolute atomic E-state index is 0.107. The third kappa shape index (κ3) is 73.4. The molecule has 0 bridgehead atoms. The van der Waals surface area contributed by atoms with Crippen LogP contribution < -0.4 is 0 Å². The number of esters is 4. The monoisotopic (exact) mass is 1480 g/mol. The van der Waals surface area contributed by atoms with Crippen LogP contribution in [0.15, 0.2) is 0 Å². The summed E-state index contributed by atoms with van der Waals surface area (Å²) < 4.78 is 68.8. The predicted octanol–water partition coefficient (Wildman–Crippen LogP) is 24.7. The van der Waals surface area contributed by atoms with Crippen molar-refractivity contribution in [3.8, 4) is 0 Å². The second kappa shape index (κ2) is 73.6. The first kappa shape index (κ1) is 99.1. The van der Waals surface area contributed by atoms with Gasteiger partial charge in [0, 0.05) is 25.7 Å². The lowest BCUT2D eigenvalue weighted by Crippen LogP contribution is -2.30. The number of aliphatic hydroxyl groups is 1. The summed E-state index contributed by atoms with van der Waals surface area (Å²) in [6.07, 6.45) is 63.6. The van der Waals surface area contributed by atoms with Crippen molar-refractivity contribution in [1.82, 2.24) is 0 Å². The van der Waals surface area contributed by atoms with Crippen LogP contribution in [0.2, 0.25) is 0 Å². The Bertz CT molecular complexity index is 1950. The van der Waals surface area contributed by atoms with E-state index in [-0.39, 0.29) is 25.7 Å². The first-order valence-electron chi connectivity index (χ1n) is 42.6. The van der Waals surface area contributed by atoms with E-state index in [0.29, 0.717) is 25.7 Å². The lowest BCUT2D eigenvalue weighted by Gasteiger charge is -2.21. The fourth-order valence-corrected chi connectivity index (χ4v) is 14.2. The van der Waals surface area contributed by atoms with E-state index in [2.05, 4.69) is 41.5 Å². The summed E-state index contributed by atoms with van der Waals surface area (Å²) in [5, 5.41) is 10.7. The molecule has 0 aliphatic carbocycles. The summed E-state index contributed by atoms with van der Waals surface area (Å²) in [7, 11) is -9.92. The Morgan fingerprint density at radius 3 is 0.703 bits per heavy atom. The zero-order valence-electron chi connectivity index (χ0n) is 66.2. The number of carbonyl (C=O) groups excluding carboxylic acids is 4. The largest absolute Gasteiger partial charge is 0.472 e. The van der Waals surface area contributed by atoms with Crippen molar-refractivity contribution >= 4 is 39.5 Å². The molecule has 0 rings (SSSR count). The van der Waals surface area contributed by atoms with Crippen LogP contribution in [0, 0.1) is 11.8 Å². The van der Waals surface area contributed by atoms with Gasteiger partial charge in [-0.3, -0.25) is 37.3 Å². The Morgan fingerprint density at radius 1 is 0.277 bits per heavy atom. The molecule has 0 aromatic heterocycles. The van der Waals surface area contributed by atoms with E-state index in [1.807, 2.05) is 0 Å². The van der Waals surface area contributed by atoms with Gasteiger partial charge in [-0.25, -0.2) is 9.13 Å². The molecule has 3 N–H and O–H groups in total. The number of phosphoric acid groups is 2. The van der Waals surface area contributed by atoms with Crippen LogP contribution in [0.5, 0.6) is 0 Å². The molecule has 0 fully saturated rings. The third-order valence-corrected chi connectivity index (χ3v) is 21.8. The van der Waals surface area contributed by atoms with Crippen molar-refractivity contribution < 1.29 is 80.2 Å². The van der Waals surface area contributed by atoms with Crippen LogP contribution >= 0.6 is 15.6 Å². The smallest absolute Gasteiger partial charge is 0.462 e.